The van der Waals surface area contributed by atoms with Crippen molar-refractivity contribution in [1.29, 1.82) is 0 Å². The first-order valence-corrected chi connectivity index (χ1v) is 11.6. The quantitative estimate of drug-likeness (QED) is 0.674. The second kappa shape index (κ2) is 10.4. The fourth-order valence-electron chi connectivity index (χ4n) is 4.29. The standard InChI is InChI=1S/C25H38N4O2/c1-18-13-19(2)16-29(15-18)17-21-11-9-20(10-12-21)14-26-22(30)7-6-8-23-27-24(28-31-23)25(3,4)5/h9-12,18-19H,6-8,13-17H2,1-5H3,(H,26,30)/t18-,19+. The summed E-state index contributed by atoms with van der Waals surface area (Å²) >= 11 is 0. The number of carbonyl (C=O) groups excluding carboxylic acids is 1. The first-order chi connectivity index (χ1) is 14.7. The van der Waals surface area contributed by atoms with Gasteiger partial charge in [-0.2, -0.15) is 4.98 Å². The molecule has 6 heteroatoms. The summed E-state index contributed by atoms with van der Waals surface area (Å²) < 4.78 is 5.28. The molecule has 1 aromatic carbocycles. The van der Waals surface area contributed by atoms with Gasteiger partial charge in [0, 0.05) is 44.4 Å². The van der Waals surface area contributed by atoms with E-state index in [4.69, 9.17) is 4.52 Å². The molecule has 1 aliphatic rings. The summed E-state index contributed by atoms with van der Waals surface area (Å²) in [6.07, 6.45) is 3.11. The molecule has 0 unspecified atom stereocenters. The van der Waals surface area contributed by atoms with Crippen molar-refractivity contribution in [2.24, 2.45) is 11.8 Å². The molecule has 0 bridgehead atoms. The Morgan fingerprint density at radius 2 is 1.77 bits per heavy atom. The molecule has 2 heterocycles. The van der Waals surface area contributed by atoms with Crippen molar-refractivity contribution in [1.82, 2.24) is 20.4 Å². The molecule has 3 rings (SSSR count). The molecule has 2 aromatic rings. The minimum atomic E-state index is -0.126. The molecule has 1 amide bonds. The summed E-state index contributed by atoms with van der Waals surface area (Å²) in [5.74, 6) is 2.92. The van der Waals surface area contributed by atoms with E-state index in [1.165, 1.54) is 25.1 Å². The Hall–Kier alpha value is -2.21. The van der Waals surface area contributed by atoms with Crippen LogP contribution in [0.25, 0.3) is 0 Å². The van der Waals surface area contributed by atoms with Gasteiger partial charge in [0.1, 0.15) is 0 Å². The molecule has 1 fully saturated rings. The smallest absolute Gasteiger partial charge is 0.226 e. The molecule has 1 saturated heterocycles. The molecule has 1 aromatic heterocycles. The van der Waals surface area contributed by atoms with Crippen molar-refractivity contribution < 1.29 is 9.32 Å². The van der Waals surface area contributed by atoms with Crippen molar-refractivity contribution in [3.8, 4) is 0 Å². The van der Waals surface area contributed by atoms with Crippen LogP contribution in [-0.4, -0.2) is 34.0 Å². The lowest BCUT2D eigenvalue weighted by atomic mass is 9.91. The first kappa shape index (κ1) is 23.5. The van der Waals surface area contributed by atoms with Crippen LogP contribution < -0.4 is 5.32 Å². The molecular weight excluding hydrogens is 388 g/mol. The maximum Gasteiger partial charge on any atom is 0.226 e. The molecule has 1 aliphatic heterocycles. The summed E-state index contributed by atoms with van der Waals surface area (Å²) in [5, 5.41) is 7.03. The zero-order chi connectivity index (χ0) is 22.4. The van der Waals surface area contributed by atoms with Gasteiger partial charge in [-0.3, -0.25) is 9.69 Å². The number of benzene rings is 1. The molecule has 6 nitrogen and oxygen atoms in total. The number of nitrogens with one attached hydrogen (secondary N) is 1. The lowest BCUT2D eigenvalue weighted by Crippen LogP contribution is -2.38. The number of amides is 1. The van der Waals surface area contributed by atoms with Gasteiger partial charge in [0.2, 0.25) is 11.8 Å². The number of nitrogens with zero attached hydrogens (tertiary/aromatic N) is 3. The highest BCUT2D eigenvalue weighted by atomic mass is 16.5. The highest BCUT2D eigenvalue weighted by molar-refractivity contribution is 5.75. The van der Waals surface area contributed by atoms with E-state index in [1.54, 1.807) is 0 Å². The van der Waals surface area contributed by atoms with Crippen LogP contribution in [0.4, 0.5) is 0 Å². The SMILES string of the molecule is C[C@@H]1C[C@H](C)CN(Cc2ccc(CNC(=O)CCCc3nc(C(C)(C)C)no3)cc2)C1. The van der Waals surface area contributed by atoms with Crippen LogP contribution in [-0.2, 0) is 29.7 Å². The topological polar surface area (TPSA) is 71.3 Å². The predicted octanol–water partition coefficient (Wildman–Crippen LogP) is 4.48. The molecule has 2 atom stereocenters. The first-order valence-electron chi connectivity index (χ1n) is 11.6. The molecular formula is C25H38N4O2. The van der Waals surface area contributed by atoms with Gasteiger partial charge >= 0.3 is 0 Å². The number of likely N-dealkylation sites (tertiary alicyclic amines) is 1. The molecule has 0 spiro atoms. The number of carbonyl (C=O) groups is 1. The van der Waals surface area contributed by atoms with Crippen LogP contribution in [0, 0.1) is 11.8 Å². The van der Waals surface area contributed by atoms with E-state index in [0.29, 0.717) is 37.5 Å². The van der Waals surface area contributed by atoms with Crippen LogP contribution >= 0.6 is 0 Å². The fraction of sp³-hybridized carbons (Fsp3) is 0.640. The largest absolute Gasteiger partial charge is 0.352 e. The Balaban J connectivity index is 1.37. The molecule has 0 aliphatic carbocycles. The second-order valence-electron chi connectivity index (χ2n) is 10.3. The van der Waals surface area contributed by atoms with Crippen molar-refractivity contribution in [3.63, 3.8) is 0 Å². The van der Waals surface area contributed by atoms with Gasteiger partial charge in [-0.05, 0) is 35.8 Å². The van der Waals surface area contributed by atoms with Gasteiger partial charge in [-0.15, -0.1) is 0 Å². The maximum absolute atomic E-state index is 12.2. The minimum Gasteiger partial charge on any atom is -0.352 e. The zero-order valence-electron chi connectivity index (χ0n) is 19.8. The van der Waals surface area contributed by atoms with E-state index < -0.39 is 0 Å². The number of hydrogen-bond acceptors (Lipinski definition) is 5. The van der Waals surface area contributed by atoms with Gasteiger partial charge < -0.3 is 9.84 Å². The second-order valence-corrected chi connectivity index (χ2v) is 10.3. The van der Waals surface area contributed by atoms with Crippen LogP contribution in [0.1, 0.15) is 76.7 Å². The van der Waals surface area contributed by atoms with E-state index in [2.05, 4.69) is 79.2 Å². The van der Waals surface area contributed by atoms with Gasteiger partial charge in [-0.1, -0.05) is 64.0 Å². The van der Waals surface area contributed by atoms with Crippen LogP contribution in [0.2, 0.25) is 0 Å². The highest BCUT2D eigenvalue weighted by Gasteiger charge is 2.22. The summed E-state index contributed by atoms with van der Waals surface area (Å²) in [6, 6.07) is 8.62. The van der Waals surface area contributed by atoms with E-state index in [1.807, 2.05) is 0 Å². The number of piperidine rings is 1. The van der Waals surface area contributed by atoms with Crippen LogP contribution in [0.3, 0.4) is 0 Å². The number of hydrogen-bond donors (Lipinski definition) is 1. The van der Waals surface area contributed by atoms with Crippen molar-refractivity contribution in [2.75, 3.05) is 13.1 Å². The van der Waals surface area contributed by atoms with Crippen LogP contribution in [0.15, 0.2) is 28.8 Å². The Bertz CT molecular complexity index is 828. The summed E-state index contributed by atoms with van der Waals surface area (Å²) in [7, 11) is 0. The number of aryl methyl sites for hydroxylation is 1. The lowest BCUT2D eigenvalue weighted by Gasteiger charge is -2.35. The molecule has 1 N–H and O–H groups in total. The Morgan fingerprint density at radius 1 is 1.13 bits per heavy atom. The Morgan fingerprint density at radius 3 is 2.39 bits per heavy atom. The molecule has 0 saturated carbocycles. The average molecular weight is 427 g/mol. The van der Waals surface area contributed by atoms with Crippen molar-refractivity contribution >= 4 is 5.91 Å². The maximum atomic E-state index is 12.2. The van der Waals surface area contributed by atoms with Crippen molar-refractivity contribution in [3.05, 3.63) is 47.1 Å². The molecule has 0 radical (unpaired) electrons. The lowest BCUT2D eigenvalue weighted by molar-refractivity contribution is -0.121. The monoisotopic (exact) mass is 426 g/mol. The third-order valence-electron chi connectivity index (χ3n) is 5.80. The number of rotatable bonds is 8. The van der Waals surface area contributed by atoms with Gasteiger partial charge in [-0.25, -0.2) is 0 Å². The molecule has 170 valence electrons. The van der Waals surface area contributed by atoms with Gasteiger partial charge in [0.05, 0.1) is 0 Å². The molecule has 31 heavy (non-hydrogen) atoms. The van der Waals surface area contributed by atoms with Crippen molar-refractivity contribution in [2.45, 2.75) is 78.8 Å². The Kier molecular flexibility index (Phi) is 7.87. The predicted molar refractivity (Wildman–Crippen MR) is 122 cm³/mol. The van der Waals surface area contributed by atoms with Crippen LogP contribution in [0.5, 0.6) is 0 Å². The Labute approximate surface area is 186 Å². The average Bonchev–Trinajstić information content (AvgIpc) is 3.16. The third kappa shape index (κ3) is 7.46. The van der Waals surface area contributed by atoms with Gasteiger partial charge in [0.15, 0.2) is 5.82 Å². The van der Waals surface area contributed by atoms with E-state index in [-0.39, 0.29) is 11.3 Å². The van der Waals surface area contributed by atoms with E-state index in [9.17, 15) is 4.79 Å². The normalized spacial score (nSPS) is 20.0. The van der Waals surface area contributed by atoms with E-state index >= 15 is 0 Å². The summed E-state index contributed by atoms with van der Waals surface area (Å²) in [4.78, 5) is 19.2. The highest BCUT2D eigenvalue weighted by Crippen LogP contribution is 2.22. The number of aromatic nitrogens is 2. The van der Waals surface area contributed by atoms with Gasteiger partial charge in [0.25, 0.3) is 0 Å². The minimum absolute atomic E-state index is 0.0518. The van der Waals surface area contributed by atoms with E-state index in [0.717, 1.165) is 23.9 Å². The summed E-state index contributed by atoms with van der Waals surface area (Å²) in [5.41, 5.74) is 2.34. The summed E-state index contributed by atoms with van der Waals surface area (Å²) in [6.45, 7) is 14.8. The third-order valence-corrected chi connectivity index (χ3v) is 5.80. The fourth-order valence-corrected chi connectivity index (χ4v) is 4.29. The zero-order valence-corrected chi connectivity index (χ0v) is 19.8.